The van der Waals surface area contributed by atoms with E-state index in [1.165, 1.54) is 11.3 Å². The van der Waals surface area contributed by atoms with E-state index in [1.807, 2.05) is 26.8 Å². The van der Waals surface area contributed by atoms with E-state index in [4.69, 9.17) is 4.18 Å². The molecule has 0 fully saturated rings. The Hall–Kier alpha value is -1.33. The number of aryl methyl sites for hydroxylation is 2. The van der Waals surface area contributed by atoms with Crippen LogP contribution in [0.15, 0.2) is 34.5 Å². The monoisotopic (exact) mass is 282 g/mol. The fourth-order valence-electron chi connectivity index (χ4n) is 1.52. The van der Waals surface area contributed by atoms with Gasteiger partial charge in [-0.1, -0.05) is 12.1 Å². The Bertz CT molecular complexity index is 669. The highest BCUT2D eigenvalue weighted by molar-refractivity contribution is 7.89. The second-order valence-corrected chi connectivity index (χ2v) is 7.16. The van der Waals surface area contributed by atoms with E-state index >= 15 is 0 Å². The van der Waals surface area contributed by atoms with Gasteiger partial charge in [0.25, 0.3) is 0 Å². The first-order valence-corrected chi connectivity index (χ1v) is 7.70. The van der Waals surface area contributed by atoms with Crippen LogP contribution in [-0.4, -0.2) is 8.42 Å². The Balaban J connectivity index is 2.37. The van der Waals surface area contributed by atoms with Gasteiger partial charge in [0.1, 0.15) is 5.75 Å². The first-order valence-electron chi connectivity index (χ1n) is 5.47. The van der Waals surface area contributed by atoms with Crippen molar-refractivity contribution in [2.75, 3.05) is 0 Å². The van der Waals surface area contributed by atoms with Crippen molar-refractivity contribution in [1.29, 1.82) is 0 Å². The molecular weight excluding hydrogens is 268 g/mol. The molecule has 0 unspecified atom stereocenters. The SMILES string of the molecule is Cc1ccc(S(=O)(=O)Oc2cccc(C)c2C)s1. The Kier molecular flexibility index (Phi) is 3.45. The fraction of sp³-hybridized carbons (Fsp3) is 0.231. The first-order chi connectivity index (χ1) is 8.40. The van der Waals surface area contributed by atoms with Crippen molar-refractivity contribution in [2.45, 2.75) is 25.0 Å². The average molecular weight is 282 g/mol. The van der Waals surface area contributed by atoms with Gasteiger partial charge < -0.3 is 4.18 Å². The van der Waals surface area contributed by atoms with Gasteiger partial charge in [0.15, 0.2) is 4.21 Å². The van der Waals surface area contributed by atoms with Gasteiger partial charge in [0, 0.05) is 4.88 Å². The summed E-state index contributed by atoms with van der Waals surface area (Å²) in [6, 6.07) is 8.71. The number of thiophene rings is 1. The molecule has 1 aromatic carbocycles. The Morgan fingerprint density at radius 2 is 1.78 bits per heavy atom. The molecule has 3 nitrogen and oxygen atoms in total. The summed E-state index contributed by atoms with van der Waals surface area (Å²) in [5.41, 5.74) is 1.85. The molecule has 0 spiro atoms. The minimum atomic E-state index is -3.71. The molecule has 0 aliphatic carbocycles. The Morgan fingerprint density at radius 1 is 1.06 bits per heavy atom. The molecule has 2 rings (SSSR count). The minimum absolute atomic E-state index is 0.237. The highest BCUT2D eigenvalue weighted by Gasteiger charge is 2.19. The summed E-state index contributed by atoms with van der Waals surface area (Å²) in [6.45, 7) is 5.63. The summed E-state index contributed by atoms with van der Waals surface area (Å²) in [5.74, 6) is 0.390. The molecule has 1 aromatic heterocycles. The largest absolute Gasteiger partial charge is 0.378 e. The number of hydrogen-bond donors (Lipinski definition) is 0. The highest BCUT2D eigenvalue weighted by atomic mass is 32.3. The number of hydrogen-bond acceptors (Lipinski definition) is 4. The summed E-state index contributed by atoms with van der Waals surface area (Å²) < 4.78 is 29.6. The molecule has 0 atom stereocenters. The van der Waals surface area contributed by atoms with Crippen LogP contribution in [0.5, 0.6) is 5.75 Å². The van der Waals surface area contributed by atoms with Crippen molar-refractivity contribution in [3.63, 3.8) is 0 Å². The average Bonchev–Trinajstić information content (AvgIpc) is 2.72. The quantitative estimate of drug-likeness (QED) is 0.810. The highest BCUT2D eigenvalue weighted by Crippen LogP contribution is 2.27. The van der Waals surface area contributed by atoms with Crippen LogP contribution in [0.2, 0.25) is 0 Å². The summed E-state index contributed by atoms with van der Waals surface area (Å²) in [4.78, 5) is 0.943. The van der Waals surface area contributed by atoms with E-state index in [-0.39, 0.29) is 4.21 Å². The maximum atomic E-state index is 12.1. The van der Waals surface area contributed by atoms with E-state index in [2.05, 4.69) is 0 Å². The molecule has 1 heterocycles. The van der Waals surface area contributed by atoms with Crippen molar-refractivity contribution >= 4 is 21.5 Å². The lowest BCUT2D eigenvalue weighted by Gasteiger charge is -2.09. The molecule has 2 aromatic rings. The lowest BCUT2D eigenvalue weighted by atomic mass is 10.1. The molecule has 0 N–H and O–H groups in total. The van der Waals surface area contributed by atoms with Crippen molar-refractivity contribution < 1.29 is 12.6 Å². The molecule has 0 aliphatic rings. The van der Waals surface area contributed by atoms with Crippen molar-refractivity contribution in [3.8, 4) is 5.75 Å². The maximum Gasteiger partial charge on any atom is 0.348 e. The number of rotatable bonds is 3. The predicted octanol–water partition coefficient (Wildman–Crippen LogP) is 3.44. The van der Waals surface area contributed by atoms with E-state index in [9.17, 15) is 8.42 Å². The summed E-state index contributed by atoms with van der Waals surface area (Å²) in [7, 11) is -3.71. The molecule has 96 valence electrons. The van der Waals surface area contributed by atoms with E-state index in [0.717, 1.165) is 16.0 Å². The van der Waals surface area contributed by atoms with Gasteiger partial charge in [-0.3, -0.25) is 0 Å². The lowest BCUT2D eigenvalue weighted by Crippen LogP contribution is -2.09. The van der Waals surface area contributed by atoms with Crippen LogP contribution >= 0.6 is 11.3 Å². The van der Waals surface area contributed by atoms with Crippen molar-refractivity contribution in [3.05, 3.63) is 46.3 Å². The zero-order chi connectivity index (χ0) is 13.3. The van der Waals surface area contributed by atoms with Gasteiger partial charge in [-0.05, 0) is 50.1 Å². The maximum absolute atomic E-state index is 12.1. The first kappa shape index (κ1) is 13.1. The minimum Gasteiger partial charge on any atom is -0.378 e. The van der Waals surface area contributed by atoms with Crippen LogP contribution in [0.3, 0.4) is 0 Å². The van der Waals surface area contributed by atoms with Crippen molar-refractivity contribution in [2.24, 2.45) is 0 Å². The Labute approximate surface area is 111 Å². The van der Waals surface area contributed by atoms with Crippen LogP contribution < -0.4 is 4.18 Å². The zero-order valence-corrected chi connectivity index (χ0v) is 12.1. The summed E-state index contributed by atoms with van der Waals surface area (Å²) in [6.07, 6.45) is 0. The van der Waals surface area contributed by atoms with Gasteiger partial charge in [-0.2, -0.15) is 8.42 Å². The van der Waals surface area contributed by atoms with E-state index in [1.54, 1.807) is 24.3 Å². The second kappa shape index (κ2) is 4.74. The molecule has 0 saturated heterocycles. The molecule has 0 bridgehead atoms. The van der Waals surface area contributed by atoms with Gasteiger partial charge in [-0.25, -0.2) is 0 Å². The second-order valence-electron chi connectivity index (χ2n) is 4.10. The molecule has 0 saturated carbocycles. The Morgan fingerprint density at radius 3 is 2.39 bits per heavy atom. The van der Waals surface area contributed by atoms with Crippen LogP contribution in [0.4, 0.5) is 0 Å². The van der Waals surface area contributed by atoms with Gasteiger partial charge >= 0.3 is 10.1 Å². The standard InChI is InChI=1S/C13H14O3S2/c1-9-5-4-6-12(11(9)3)16-18(14,15)13-8-7-10(2)17-13/h4-8H,1-3H3. The molecule has 5 heteroatoms. The third-order valence-electron chi connectivity index (χ3n) is 2.72. The fourth-order valence-corrected chi connectivity index (χ4v) is 3.75. The lowest BCUT2D eigenvalue weighted by molar-refractivity contribution is 0.486. The molecule has 18 heavy (non-hydrogen) atoms. The topological polar surface area (TPSA) is 43.4 Å². The molecule has 0 radical (unpaired) electrons. The third kappa shape index (κ3) is 2.57. The van der Waals surface area contributed by atoms with Crippen LogP contribution in [0.1, 0.15) is 16.0 Å². The smallest absolute Gasteiger partial charge is 0.348 e. The van der Waals surface area contributed by atoms with Crippen LogP contribution in [0.25, 0.3) is 0 Å². The predicted molar refractivity (Wildman–Crippen MR) is 72.8 cm³/mol. The summed E-state index contributed by atoms with van der Waals surface area (Å²) in [5, 5.41) is 0. The van der Waals surface area contributed by atoms with Crippen LogP contribution in [-0.2, 0) is 10.1 Å². The van der Waals surface area contributed by atoms with Crippen molar-refractivity contribution in [1.82, 2.24) is 0 Å². The molecular formula is C13H14O3S2. The third-order valence-corrected chi connectivity index (χ3v) is 5.40. The molecule has 0 aliphatic heterocycles. The van der Waals surface area contributed by atoms with Gasteiger partial charge in [0.2, 0.25) is 0 Å². The number of benzene rings is 1. The zero-order valence-electron chi connectivity index (χ0n) is 10.4. The van der Waals surface area contributed by atoms with E-state index < -0.39 is 10.1 Å². The summed E-state index contributed by atoms with van der Waals surface area (Å²) >= 11 is 1.21. The van der Waals surface area contributed by atoms with Crippen LogP contribution in [0, 0.1) is 20.8 Å². The van der Waals surface area contributed by atoms with Gasteiger partial charge in [-0.15, -0.1) is 11.3 Å². The molecule has 0 amide bonds. The van der Waals surface area contributed by atoms with Gasteiger partial charge in [0.05, 0.1) is 0 Å². The normalized spacial score (nSPS) is 11.5. The van der Waals surface area contributed by atoms with E-state index in [0.29, 0.717) is 5.75 Å².